The molecule has 0 aliphatic carbocycles. The number of rotatable bonds is 5. The van der Waals surface area contributed by atoms with Crippen LogP contribution in [0.4, 0.5) is 0 Å². The minimum atomic E-state index is -0.517. The first kappa shape index (κ1) is 18.6. The van der Waals surface area contributed by atoms with Crippen LogP contribution in [0.5, 0.6) is 23.0 Å². The van der Waals surface area contributed by atoms with E-state index < -0.39 is 5.97 Å². The van der Waals surface area contributed by atoms with E-state index in [-0.39, 0.29) is 11.6 Å². The lowest BCUT2D eigenvalue weighted by molar-refractivity contribution is -0.130. The first-order valence-electron chi connectivity index (χ1n) is 8.87. The number of esters is 1. The van der Waals surface area contributed by atoms with Gasteiger partial charge in [0.05, 0.1) is 21.3 Å². The van der Waals surface area contributed by atoms with E-state index in [0.717, 1.165) is 22.6 Å². The number of fused-ring (bicyclic) bond motifs is 1. The van der Waals surface area contributed by atoms with Crippen LogP contribution < -0.4 is 18.9 Å². The Labute approximate surface area is 167 Å². The van der Waals surface area contributed by atoms with Gasteiger partial charge in [0.2, 0.25) is 5.90 Å². The Hall–Kier alpha value is -3.74. The van der Waals surface area contributed by atoms with Gasteiger partial charge in [-0.25, -0.2) is 9.79 Å². The molecule has 0 saturated carbocycles. The quantitative estimate of drug-likeness (QED) is 0.573. The van der Waals surface area contributed by atoms with Crippen molar-refractivity contribution in [3.63, 3.8) is 0 Å². The predicted octanol–water partition coefficient (Wildman–Crippen LogP) is 3.38. The molecule has 0 atom stereocenters. The number of aliphatic imine (C=N–C) groups is 1. The second kappa shape index (κ2) is 7.71. The van der Waals surface area contributed by atoms with Gasteiger partial charge in [0, 0.05) is 17.2 Å². The summed E-state index contributed by atoms with van der Waals surface area (Å²) in [6.07, 6.45) is 3.62. The third kappa shape index (κ3) is 3.67. The van der Waals surface area contributed by atoms with Gasteiger partial charge in [0.25, 0.3) is 0 Å². The van der Waals surface area contributed by atoms with Gasteiger partial charge in [-0.3, -0.25) is 0 Å². The van der Waals surface area contributed by atoms with Crippen LogP contribution in [0.2, 0.25) is 0 Å². The van der Waals surface area contributed by atoms with Gasteiger partial charge in [-0.05, 0) is 48.1 Å². The van der Waals surface area contributed by atoms with E-state index in [9.17, 15) is 4.79 Å². The third-order valence-electron chi connectivity index (χ3n) is 4.53. The molecule has 0 amide bonds. The van der Waals surface area contributed by atoms with Gasteiger partial charge in [-0.1, -0.05) is 0 Å². The molecule has 0 spiro atoms. The van der Waals surface area contributed by atoms with Crippen LogP contribution >= 0.6 is 0 Å². The number of carbonyl (C=O) groups excluding carboxylic acids is 1. The van der Waals surface area contributed by atoms with Gasteiger partial charge >= 0.3 is 5.97 Å². The second-order valence-corrected chi connectivity index (χ2v) is 6.32. The molecule has 0 fully saturated rings. The molecule has 0 bridgehead atoms. The zero-order chi connectivity index (χ0) is 20.4. The molecule has 2 aromatic carbocycles. The predicted molar refractivity (Wildman–Crippen MR) is 107 cm³/mol. The Kier molecular flexibility index (Phi) is 4.95. The van der Waals surface area contributed by atoms with Crippen LogP contribution in [0, 0.1) is 0 Å². The van der Waals surface area contributed by atoms with Crippen molar-refractivity contribution >= 4 is 17.9 Å². The molecule has 7 nitrogen and oxygen atoms in total. The number of benzene rings is 2. The SMILES string of the molecule is COc1ccc2c(c1)OCC(/C=C1\N=C(c3ccc(OC)c(OC)c3)OC1=O)=C2. The number of ether oxygens (including phenoxy) is 5. The van der Waals surface area contributed by atoms with Crippen LogP contribution in [0.1, 0.15) is 11.1 Å². The van der Waals surface area contributed by atoms with Gasteiger partial charge in [-0.15, -0.1) is 0 Å². The van der Waals surface area contributed by atoms with Crippen molar-refractivity contribution in [1.82, 2.24) is 0 Å². The van der Waals surface area contributed by atoms with Crippen molar-refractivity contribution in [2.24, 2.45) is 4.99 Å². The van der Waals surface area contributed by atoms with Gasteiger partial charge in [0.15, 0.2) is 17.2 Å². The maximum absolute atomic E-state index is 12.3. The summed E-state index contributed by atoms with van der Waals surface area (Å²) >= 11 is 0. The summed E-state index contributed by atoms with van der Waals surface area (Å²) in [7, 11) is 4.70. The lowest BCUT2D eigenvalue weighted by atomic mass is 10.1. The van der Waals surface area contributed by atoms with Crippen LogP contribution in [0.25, 0.3) is 6.08 Å². The van der Waals surface area contributed by atoms with E-state index in [0.29, 0.717) is 23.7 Å². The number of methoxy groups -OCH3 is 3. The molecule has 7 heteroatoms. The highest BCUT2D eigenvalue weighted by molar-refractivity contribution is 6.11. The molecule has 2 aromatic rings. The zero-order valence-electron chi connectivity index (χ0n) is 16.2. The Morgan fingerprint density at radius 2 is 1.83 bits per heavy atom. The Morgan fingerprint density at radius 1 is 1.00 bits per heavy atom. The number of nitrogens with zero attached hydrogens (tertiary/aromatic N) is 1. The average molecular weight is 393 g/mol. The lowest BCUT2D eigenvalue weighted by Crippen LogP contribution is -2.08. The summed E-state index contributed by atoms with van der Waals surface area (Å²) in [5.41, 5.74) is 2.54. The standard InChI is InChI=1S/C22H19NO6/c1-25-16-6-4-14-8-13(12-28-19(14)11-16)9-17-22(24)29-21(23-17)15-5-7-18(26-2)20(10-15)27-3/h4-11H,12H2,1-3H3/b17-9-. The minimum Gasteiger partial charge on any atom is -0.497 e. The molecule has 4 rings (SSSR count). The fourth-order valence-corrected chi connectivity index (χ4v) is 3.05. The average Bonchev–Trinajstić information content (AvgIpc) is 3.12. The van der Waals surface area contributed by atoms with Crippen LogP contribution in [-0.2, 0) is 9.53 Å². The number of hydrogen-bond acceptors (Lipinski definition) is 7. The molecular formula is C22H19NO6. The van der Waals surface area contributed by atoms with Crippen molar-refractivity contribution in [3.8, 4) is 23.0 Å². The molecule has 0 unspecified atom stereocenters. The van der Waals surface area contributed by atoms with Gasteiger partial charge < -0.3 is 23.7 Å². The fourth-order valence-electron chi connectivity index (χ4n) is 3.05. The normalized spacial score (nSPS) is 16.4. The Balaban J connectivity index is 1.62. The molecule has 0 saturated heterocycles. The van der Waals surface area contributed by atoms with Gasteiger partial charge in [-0.2, -0.15) is 0 Å². The monoisotopic (exact) mass is 393 g/mol. The van der Waals surface area contributed by atoms with Crippen molar-refractivity contribution in [1.29, 1.82) is 0 Å². The Bertz CT molecular complexity index is 1070. The first-order valence-corrected chi connectivity index (χ1v) is 8.87. The highest BCUT2D eigenvalue weighted by atomic mass is 16.6. The minimum absolute atomic E-state index is 0.210. The maximum Gasteiger partial charge on any atom is 0.363 e. The summed E-state index contributed by atoms with van der Waals surface area (Å²) < 4.78 is 26.8. The smallest absolute Gasteiger partial charge is 0.363 e. The second-order valence-electron chi connectivity index (χ2n) is 6.32. The highest BCUT2D eigenvalue weighted by Gasteiger charge is 2.26. The van der Waals surface area contributed by atoms with E-state index in [1.165, 1.54) is 0 Å². The molecule has 148 valence electrons. The van der Waals surface area contributed by atoms with Crippen molar-refractivity contribution in [2.45, 2.75) is 0 Å². The van der Waals surface area contributed by atoms with Gasteiger partial charge in [0.1, 0.15) is 18.1 Å². The molecule has 0 N–H and O–H groups in total. The lowest BCUT2D eigenvalue weighted by Gasteiger charge is -2.16. The van der Waals surface area contributed by atoms with Crippen molar-refractivity contribution in [2.75, 3.05) is 27.9 Å². The molecule has 0 radical (unpaired) electrons. The number of hydrogen-bond donors (Lipinski definition) is 0. The Morgan fingerprint density at radius 3 is 2.59 bits per heavy atom. The van der Waals surface area contributed by atoms with Crippen LogP contribution in [0.3, 0.4) is 0 Å². The third-order valence-corrected chi connectivity index (χ3v) is 4.53. The number of cyclic esters (lactones) is 1. The van der Waals surface area contributed by atoms with E-state index in [4.69, 9.17) is 23.7 Å². The fraction of sp³-hybridized carbons (Fsp3) is 0.182. The summed E-state index contributed by atoms with van der Waals surface area (Å²) in [6.45, 7) is 0.318. The van der Waals surface area contributed by atoms with Crippen molar-refractivity contribution < 1.29 is 28.5 Å². The van der Waals surface area contributed by atoms with E-state index >= 15 is 0 Å². The van der Waals surface area contributed by atoms with Crippen LogP contribution in [-0.4, -0.2) is 39.8 Å². The van der Waals surface area contributed by atoms with E-state index in [2.05, 4.69) is 4.99 Å². The molecule has 2 heterocycles. The largest absolute Gasteiger partial charge is 0.497 e. The summed E-state index contributed by atoms with van der Waals surface area (Å²) in [4.78, 5) is 16.6. The topological polar surface area (TPSA) is 75.6 Å². The van der Waals surface area contributed by atoms with E-state index in [1.807, 2.05) is 24.3 Å². The van der Waals surface area contributed by atoms with Crippen molar-refractivity contribution in [3.05, 3.63) is 64.9 Å². The molecule has 2 aliphatic rings. The zero-order valence-corrected chi connectivity index (χ0v) is 16.2. The molecular weight excluding hydrogens is 374 g/mol. The molecule has 29 heavy (non-hydrogen) atoms. The first-order chi connectivity index (χ1) is 14.1. The van der Waals surface area contributed by atoms with E-state index in [1.54, 1.807) is 45.6 Å². The maximum atomic E-state index is 12.3. The summed E-state index contributed by atoms with van der Waals surface area (Å²) in [5, 5.41) is 0. The molecule has 2 aliphatic heterocycles. The number of carbonyl (C=O) groups is 1. The highest BCUT2D eigenvalue weighted by Crippen LogP contribution is 2.32. The summed E-state index contributed by atoms with van der Waals surface area (Å²) in [6, 6.07) is 10.8. The van der Waals surface area contributed by atoms with Crippen LogP contribution in [0.15, 0.2) is 58.7 Å². The summed E-state index contributed by atoms with van der Waals surface area (Å²) in [5.74, 6) is 2.26. The molecule has 0 aromatic heterocycles.